The van der Waals surface area contributed by atoms with Gasteiger partial charge < -0.3 is 15.0 Å². The molecule has 22 heavy (non-hydrogen) atoms. The van der Waals surface area contributed by atoms with E-state index in [2.05, 4.69) is 17.4 Å². The molecule has 0 bridgehead atoms. The van der Waals surface area contributed by atoms with Crippen LogP contribution in [0.4, 0.5) is 0 Å². The maximum atomic E-state index is 12.2. The third-order valence-corrected chi connectivity index (χ3v) is 4.59. The van der Waals surface area contributed by atoms with E-state index < -0.39 is 0 Å². The number of rotatable bonds is 4. The summed E-state index contributed by atoms with van der Waals surface area (Å²) in [6.45, 7) is 1.85. The number of hydrogen-bond acceptors (Lipinski definition) is 3. The Kier molecular flexibility index (Phi) is 4.43. The molecule has 1 unspecified atom stereocenters. The zero-order valence-corrected chi connectivity index (χ0v) is 12.8. The quantitative estimate of drug-likeness (QED) is 0.913. The van der Waals surface area contributed by atoms with E-state index in [0.717, 1.165) is 18.6 Å². The van der Waals surface area contributed by atoms with Crippen molar-refractivity contribution in [3.8, 4) is 0 Å². The van der Waals surface area contributed by atoms with Crippen molar-refractivity contribution in [3.05, 3.63) is 35.9 Å². The first-order valence-electron chi connectivity index (χ1n) is 7.83. The second-order valence-corrected chi connectivity index (χ2v) is 6.17. The lowest BCUT2D eigenvalue weighted by Gasteiger charge is -2.20. The van der Waals surface area contributed by atoms with Crippen LogP contribution in [0, 0.1) is 11.8 Å². The Balaban J connectivity index is 1.55. The number of ether oxygens (including phenoxy) is 1. The maximum absolute atomic E-state index is 12.2. The molecule has 2 aliphatic rings. The summed E-state index contributed by atoms with van der Waals surface area (Å²) in [5.41, 5.74) is 1.16. The van der Waals surface area contributed by atoms with E-state index >= 15 is 0 Å². The fourth-order valence-corrected chi connectivity index (χ4v) is 3.27. The number of nitrogens with one attached hydrogen (secondary N) is 1. The summed E-state index contributed by atoms with van der Waals surface area (Å²) in [6, 6.07) is 10.1. The minimum absolute atomic E-state index is 0.0172. The summed E-state index contributed by atoms with van der Waals surface area (Å²) in [4.78, 5) is 25.3. The second kappa shape index (κ2) is 6.48. The van der Waals surface area contributed by atoms with E-state index in [9.17, 15) is 9.59 Å². The first-order valence-corrected chi connectivity index (χ1v) is 7.83. The molecule has 3 rings (SSSR count). The Bertz CT molecular complexity index is 546. The molecule has 0 aliphatic carbocycles. The van der Waals surface area contributed by atoms with Gasteiger partial charge in [0, 0.05) is 39.1 Å². The van der Waals surface area contributed by atoms with E-state index in [-0.39, 0.29) is 23.8 Å². The van der Waals surface area contributed by atoms with E-state index in [1.165, 1.54) is 0 Å². The summed E-state index contributed by atoms with van der Waals surface area (Å²) < 4.78 is 5.83. The van der Waals surface area contributed by atoms with Gasteiger partial charge in [-0.3, -0.25) is 9.59 Å². The summed E-state index contributed by atoms with van der Waals surface area (Å²) in [7, 11) is 1.74. The van der Waals surface area contributed by atoms with Crippen LogP contribution in [0.1, 0.15) is 24.5 Å². The van der Waals surface area contributed by atoms with Gasteiger partial charge >= 0.3 is 0 Å². The van der Waals surface area contributed by atoms with Gasteiger partial charge in [0.15, 0.2) is 0 Å². The summed E-state index contributed by atoms with van der Waals surface area (Å²) >= 11 is 0. The molecule has 5 nitrogen and oxygen atoms in total. The SMILES string of the molecule is CN1CC(C(=O)NC[C@@H]2CCO[C@H]2c2ccccc2)CC1=O. The monoisotopic (exact) mass is 302 g/mol. The van der Waals surface area contributed by atoms with Crippen LogP contribution in [0.15, 0.2) is 30.3 Å². The standard InChI is InChI=1S/C17H22N2O3/c1-19-11-14(9-15(19)20)17(21)18-10-13-7-8-22-16(13)12-5-3-2-4-6-12/h2-6,13-14,16H,7-11H2,1H3,(H,18,21)/t13-,14?,16-/m0/s1. The van der Waals surface area contributed by atoms with Gasteiger partial charge in [-0.1, -0.05) is 30.3 Å². The van der Waals surface area contributed by atoms with E-state index in [4.69, 9.17) is 4.74 Å². The average Bonchev–Trinajstić information content (AvgIpc) is 3.13. The molecule has 1 N–H and O–H groups in total. The predicted octanol–water partition coefficient (Wildman–Crippen LogP) is 1.36. The number of carbonyl (C=O) groups is 2. The van der Waals surface area contributed by atoms with Gasteiger partial charge in [0.2, 0.25) is 11.8 Å². The van der Waals surface area contributed by atoms with Crippen molar-refractivity contribution in [2.75, 3.05) is 26.7 Å². The molecule has 3 atom stereocenters. The zero-order chi connectivity index (χ0) is 15.5. The van der Waals surface area contributed by atoms with Gasteiger partial charge in [-0.25, -0.2) is 0 Å². The van der Waals surface area contributed by atoms with Crippen LogP contribution in [-0.2, 0) is 14.3 Å². The summed E-state index contributed by atoms with van der Waals surface area (Å²) in [5.74, 6) is 0.110. The Hall–Kier alpha value is -1.88. The van der Waals surface area contributed by atoms with Crippen LogP contribution in [0.3, 0.4) is 0 Å². The highest BCUT2D eigenvalue weighted by Gasteiger charge is 2.34. The number of hydrogen-bond donors (Lipinski definition) is 1. The highest BCUT2D eigenvalue weighted by atomic mass is 16.5. The van der Waals surface area contributed by atoms with Crippen LogP contribution >= 0.6 is 0 Å². The maximum Gasteiger partial charge on any atom is 0.225 e. The van der Waals surface area contributed by atoms with Crippen molar-refractivity contribution in [3.63, 3.8) is 0 Å². The third kappa shape index (κ3) is 3.14. The lowest BCUT2D eigenvalue weighted by Crippen LogP contribution is -2.36. The molecule has 2 fully saturated rings. The second-order valence-electron chi connectivity index (χ2n) is 6.17. The molecular formula is C17H22N2O3. The molecule has 1 aromatic carbocycles. The van der Waals surface area contributed by atoms with Crippen LogP contribution in [0.2, 0.25) is 0 Å². The van der Waals surface area contributed by atoms with Crippen molar-refractivity contribution in [2.45, 2.75) is 18.9 Å². The first-order chi connectivity index (χ1) is 10.6. The Morgan fingerprint density at radius 1 is 1.36 bits per heavy atom. The molecule has 0 aromatic heterocycles. The van der Waals surface area contributed by atoms with Crippen molar-refractivity contribution < 1.29 is 14.3 Å². The summed E-state index contributed by atoms with van der Waals surface area (Å²) in [5, 5.41) is 3.01. The highest BCUT2D eigenvalue weighted by molar-refractivity contribution is 5.89. The summed E-state index contributed by atoms with van der Waals surface area (Å²) in [6.07, 6.45) is 1.32. The lowest BCUT2D eigenvalue weighted by molar-refractivity contribution is -0.128. The number of carbonyl (C=O) groups excluding carboxylic acids is 2. The van der Waals surface area contributed by atoms with Crippen LogP contribution in [0.25, 0.3) is 0 Å². The molecule has 5 heteroatoms. The third-order valence-electron chi connectivity index (χ3n) is 4.59. The van der Waals surface area contributed by atoms with Crippen molar-refractivity contribution in [1.29, 1.82) is 0 Å². The molecule has 1 aromatic rings. The van der Waals surface area contributed by atoms with Crippen LogP contribution in [-0.4, -0.2) is 43.5 Å². The lowest BCUT2D eigenvalue weighted by atomic mass is 9.95. The molecule has 2 aliphatic heterocycles. The number of nitrogens with zero attached hydrogens (tertiary/aromatic N) is 1. The predicted molar refractivity (Wildman–Crippen MR) is 82.0 cm³/mol. The largest absolute Gasteiger partial charge is 0.373 e. The molecule has 0 radical (unpaired) electrons. The fourth-order valence-electron chi connectivity index (χ4n) is 3.27. The Labute approximate surface area is 130 Å². The normalized spacial score (nSPS) is 28.1. The first kappa shape index (κ1) is 15.0. The Morgan fingerprint density at radius 3 is 2.82 bits per heavy atom. The van der Waals surface area contributed by atoms with E-state index in [1.807, 2.05) is 18.2 Å². The van der Waals surface area contributed by atoms with Crippen LogP contribution in [0.5, 0.6) is 0 Å². The van der Waals surface area contributed by atoms with Gasteiger partial charge in [0.05, 0.1) is 12.0 Å². The Morgan fingerprint density at radius 2 is 2.14 bits per heavy atom. The number of benzene rings is 1. The average molecular weight is 302 g/mol. The van der Waals surface area contributed by atoms with Crippen molar-refractivity contribution >= 4 is 11.8 Å². The molecule has 2 heterocycles. The minimum Gasteiger partial charge on any atom is -0.373 e. The molecule has 2 amide bonds. The molecule has 118 valence electrons. The highest BCUT2D eigenvalue weighted by Crippen LogP contribution is 2.34. The smallest absolute Gasteiger partial charge is 0.225 e. The molecule has 0 spiro atoms. The van der Waals surface area contributed by atoms with Gasteiger partial charge in [0.25, 0.3) is 0 Å². The van der Waals surface area contributed by atoms with Crippen molar-refractivity contribution in [1.82, 2.24) is 10.2 Å². The van der Waals surface area contributed by atoms with Crippen LogP contribution < -0.4 is 5.32 Å². The van der Waals surface area contributed by atoms with Gasteiger partial charge in [-0.2, -0.15) is 0 Å². The molecular weight excluding hydrogens is 280 g/mol. The molecule has 0 saturated carbocycles. The van der Waals surface area contributed by atoms with Gasteiger partial charge in [-0.05, 0) is 12.0 Å². The zero-order valence-electron chi connectivity index (χ0n) is 12.8. The molecule has 2 saturated heterocycles. The van der Waals surface area contributed by atoms with Gasteiger partial charge in [0.1, 0.15) is 0 Å². The van der Waals surface area contributed by atoms with E-state index in [0.29, 0.717) is 25.4 Å². The van der Waals surface area contributed by atoms with Gasteiger partial charge in [-0.15, -0.1) is 0 Å². The van der Waals surface area contributed by atoms with E-state index in [1.54, 1.807) is 11.9 Å². The topological polar surface area (TPSA) is 58.6 Å². The minimum atomic E-state index is -0.213. The number of likely N-dealkylation sites (tertiary alicyclic amines) is 1. The number of amides is 2. The fraction of sp³-hybridized carbons (Fsp3) is 0.529. The van der Waals surface area contributed by atoms with Crippen molar-refractivity contribution in [2.24, 2.45) is 11.8 Å².